The summed E-state index contributed by atoms with van der Waals surface area (Å²) < 4.78 is 0. The lowest BCUT2D eigenvalue weighted by molar-refractivity contribution is -0.115. The number of benzene rings is 1. The van der Waals surface area contributed by atoms with E-state index in [9.17, 15) is 4.79 Å². The van der Waals surface area contributed by atoms with E-state index < -0.39 is 0 Å². The Morgan fingerprint density at radius 2 is 1.95 bits per heavy atom. The molecule has 1 aromatic rings. The summed E-state index contributed by atoms with van der Waals surface area (Å²) in [6.45, 7) is 3.67. The maximum atomic E-state index is 11.7. The first-order valence-corrected chi connectivity index (χ1v) is 6.98. The molecule has 1 saturated heterocycles. The van der Waals surface area contributed by atoms with Crippen molar-refractivity contribution in [2.75, 3.05) is 38.5 Å². The number of likely N-dealkylation sites (tertiary alicyclic amines) is 1. The zero-order chi connectivity index (χ0) is 13.5. The molecule has 4 nitrogen and oxygen atoms in total. The summed E-state index contributed by atoms with van der Waals surface area (Å²) in [4.78, 5) is 14.1. The van der Waals surface area contributed by atoms with Crippen LogP contribution in [-0.4, -0.2) is 44.0 Å². The predicted octanol–water partition coefficient (Wildman–Crippen LogP) is 1.56. The minimum atomic E-state index is 0.0270. The third-order valence-electron chi connectivity index (χ3n) is 3.61. The average molecular weight is 261 g/mol. The number of piperidine rings is 1. The Morgan fingerprint density at radius 3 is 2.63 bits per heavy atom. The number of carbonyl (C=O) groups is 1. The highest BCUT2D eigenvalue weighted by Crippen LogP contribution is 2.14. The molecule has 0 aromatic heterocycles. The van der Waals surface area contributed by atoms with Crippen molar-refractivity contribution in [1.29, 1.82) is 0 Å². The van der Waals surface area contributed by atoms with Crippen LogP contribution in [0.4, 0.5) is 5.69 Å². The summed E-state index contributed by atoms with van der Waals surface area (Å²) in [6, 6.07) is 9.57. The first-order chi connectivity index (χ1) is 9.24. The van der Waals surface area contributed by atoms with Crippen LogP contribution in [0.5, 0.6) is 0 Å². The van der Waals surface area contributed by atoms with E-state index in [-0.39, 0.29) is 5.91 Å². The number of nitrogens with one attached hydrogen (secondary N) is 2. The van der Waals surface area contributed by atoms with Crippen molar-refractivity contribution >= 4 is 11.6 Å². The van der Waals surface area contributed by atoms with E-state index in [2.05, 4.69) is 22.6 Å². The second kappa shape index (κ2) is 7.26. The Bertz CT molecular complexity index is 386. The van der Waals surface area contributed by atoms with Gasteiger partial charge in [0.1, 0.15) is 0 Å². The van der Waals surface area contributed by atoms with Crippen molar-refractivity contribution in [2.45, 2.75) is 12.8 Å². The fraction of sp³-hybridized carbons (Fsp3) is 0.533. The van der Waals surface area contributed by atoms with E-state index in [0.29, 0.717) is 12.5 Å². The normalized spacial score (nSPS) is 17.3. The summed E-state index contributed by atoms with van der Waals surface area (Å²) in [5.74, 6) is 0.736. The molecule has 1 amide bonds. The molecular formula is C15H23N3O. The van der Waals surface area contributed by atoms with E-state index in [1.165, 1.54) is 25.9 Å². The minimum Gasteiger partial charge on any atom is -0.325 e. The molecule has 0 radical (unpaired) electrons. The molecule has 0 bridgehead atoms. The maximum absolute atomic E-state index is 11.7. The summed E-state index contributed by atoms with van der Waals surface area (Å²) in [6.07, 6.45) is 2.45. The number of hydrogen-bond acceptors (Lipinski definition) is 3. The molecule has 1 aliphatic rings. The highest BCUT2D eigenvalue weighted by molar-refractivity contribution is 5.92. The Labute approximate surface area is 115 Å². The minimum absolute atomic E-state index is 0.0270. The van der Waals surface area contributed by atoms with Gasteiger partial charge in [-0.3, -0.25) is 4.79 Å². The van der Waals surface area contributed by atoms with Crippen LogP contribution in [0.2, 0.25) is 0 Å². The van der Waals surface area contributed by atoms with E-state index in [4.69, 9.17) is 0 Å². The lowest BCUT2D eigenvalue weighted by atomic mass is 9.97. The maximum Gasteiger partial charge on any atom is 0.238 e. The molecule has 2 N–H and O–H groups in total. The third kappa shape index (κ3) is 5.01. The Kier molecular flexibility index (Phi) is 5.36. The smallest absolute Gasteiger partial charge is 0.238 e. The van der Waals surface area contributed by atoms with Crippen molar-refractivity contribution in [2.24, 2.45) is 5.92 Å². The van der Waals surface area contributed by atoms with Crippen LogP contribution in [0.3, 0.4) is 0 Å². The number of anilines is 1. The van der Waals surface area contributed by atoms with Gasteiger partial charge < -0.3 is 15.5 Å². The molecule has 1 heterocycles. The molecule has 2 rings (SSSR count). The van der Waals surface area contributed by atoms with E-state index in [1.807, 2.05) is 30.3 Å². The summed E-state index contributed by atoms with van der Waals surface area (Å²) >= 11 is 0. The Hall–Kier alpha value is -1.39. The van der Waals surface area contributed by atoms with Gasteiger partial charge in [0.2, 0.25) is 5.91 Å². The van der Waals surface area contributed by atoms with Crippen LogP contribution in [0, 0.1) is 5.92 Å². The van der Waals surface area contributed by atoms with Gasteiger partial charge in [0.15, 0.2) is 0 Å². The van der Waals surface area contributed by atoms with Gasteiger partial charge in [0.25, 0.3) is 0 Å². The van der Waals surface area contributed by atoms with Gasteiger partial charge in [0.05, 0.1) is 6.54 Å². The predicted molar refractivity (Wildman–Crippen MR) is 78.2 cm³/mol. The summed E-state index contributed by atoms with van der Waals surface area (Å²) in [7, 11) is 2.16. The number of carbonyl (C=O) groups excluding carboxylic acids is 1. The van der Waals surface area contributed by atoms with Crippen LogP contribution in [-0.2, 0) is 4.79 Å². The third-order valence-corrected chi connectivity index (χ3v) is 3.61. The van der Waals surface area contributed by atoms with E-state index in [0.717, 1.165) is 12.2 Å². The molecule has 0 spiro atoms. The molecule has 0 atom stereocenters. The van der Waals surface area contributed by atoms with E-state index >= 15 is 0 Å². The number of amides is 1. The molecule has 1 fully saturated rings. The molecule has 19 heavy (non-hydrogen) atoms. The van der Waals surface area contributed by atoms with Gasteiger partial charge in [-0.2, -0.15) is 0 Å². The van der Waals surface area contributed by atoms with Gasteiger partial charge in [-0.25, -0.2) is 0 Å². The van der Waals surface area contributed by atoms with Crippen molar-refractivity contribution in [3.05, 3.63) is 30.3 Å². The van der Waals surface area contributed by atoms with Gasteiger partial charge >= 0.3 is 0 Å². The highest BCUT2D eigenvalue weighted by atomic mass is 16.1. The zero-order valence-corrected chi connectivity index (χ0v) is 11.6. The first-order valence-electron chi connectivity index (χ1n) is 6.98. The lowest BCUT2D eigenvalue weighted by Crippen LogP contribution is -2.37. The molecule has 0 aliphatic carbocycles. The lowest BCUT2D eigenvalue weighted by Gasteiger charge is -2.28. The van der Waals surface area contributed by atoms with Gasteiger partial charge in [0, 0.05) is 5.69 Å². The SMILES string of the molecule is CN1CCC(CNCC(=O)Nc2ccccc2)CC1. The Balaban J connectivity index is 1.62. The highest BCUT2D eigenvalue weighted by Gasteiger charge is 2.16. The monoisotopic (exact) mass is 261 g/mol. The molecule has 1 aromatic carbocycles. The second-order valence-corrected chi connectivity index (χ2v) is 5.29. The van der Waals surface area contributed by atoms with Crippen LogP contribution in [0.25, 0.3) is 0 Å². The van der Waals surface area contributed by atoms with Crippen molar-refractivity contribution in [3.8, 4) is 0 Å². The molecule has 1 aliphatic heterocycles. The number of para-hydroxylation sites is 1. The van der Waals surface area contributed by atoms with Crippen LogP contribution in [0.15, 0.2) is 30.3 Å². The van der Waals surface area contributed by atoms with E-state index in [1.54, 1.807) is 0 Å². The molecule has 104 valence electrons. The average Bonchev–Trinajstić information content (AvgIpc) is 2.42. The standard InChI is InChI=1S/C15H23N3O/c1-18-9-7-13(8-10-18)11-16-12-15(19)17-14-5-3-2-4-6-14/h2-6,13,16H,7-12H2,1H3,(H,17,19). The number of nitrogens with zero attached hydrogens (tertiary/aromatic N) is 1. The van der Waals surface area contributed by atoms with Gasteiger partial charge in [-0.15, -0.1) is 0 Å². The quantitative estimate of drug-likeness (QED) is 0.845. The van der Waals surface area contributed by atoms with Crippen molar-refractivity contribution in [3.63, 3.8) is 0 Å². The largest absolute Gasteiger partial charge is 0.325 e. The zero-order valence-electron chi connectivity index (χ0n) is 11.6. The van der Waals surface area contributed by atoms with Gasteiger partial charge in [-0.05, 0) is 57.6 Å². The van der Waals surface area contributed by atoms with Crippen molar-refractivity contribution < 1.29 is 4.79 Å². The molecule has 0 unspecified atom stereocenters. The molecule has 0 saturated carbocycles. The first kappa shape index (κ1) is 14.0. The van der Waals surface area contributed by atoms with Crippen LogP contribution >= 0.6 is 0 Å². The summed E-state index contributed by atoms with van der Waals surface area (Å²) in [5.41, 5.74) is 0.855. The Morgan fingerprint density at radius 1 is 1.26 bits per heavy atom. The van der Waals surface area contributed by atoms with Crippen LogP contribution in [0.1, 0.15) is 12.8 Å². The fourth-order valence-corrected chi connectivity index (χ4v) is 2.38. The van der Waals surface area contributed by atoms with Crippen LogP contribution < -0.4 is 10.6 Å². The molecular weight excluding hydrogens is 238 g/mol. The second-order valence-electron chi connectivity index (χ2n) is 5.29. The molecule has 4 heteroatoms. The number of rotatable bonds is 5. The fourth-order valence-electron chi connectivity index (χ4n) is 2.38. The number of hydrogen-bond donors (Lipinski definition) is 2. The topological polar surface area (TPSA) is 44.4 Å². The van der Waals surface area contributed by atoms with Crippen molar-refractivity contribution in [1.82, 2.24) is 10.2 Å². The van der Waals surface area contributed by atoms with Gasteiger partial charge in [-0.1, -0.05) is 18.2 Å². The summed E-state index contributed by atoms with van der Waals surface area (Å²) in [5, 5.41) is 6.14.